The zero-order chi connectivity index (χ0) is 25.9. The third-order valence-corrected chi connectivity index (χ3v) is 6.77. The summed E-state index contributed by atoms with van der Waals surface area (Å²) in [7, 11) is 1.49. The number of nitrogens with one attached hydrogen (secondary N) is 2. The monoisotopic (exact) mass is 502 g/mol. The predicted octanol–water partition coefficient (Wildman–Crippen LogP) is 3.17. The van der Waals surface area contributed by atoms with Crippen LogP contribution in [0.3, 0.4) is 0 Å². The number of likely N-dealkylation sites (tertiary alicyclic amines) is 1. The van der Waals surface area contributed by atoms with E-state index in [0.29, 0.717) is 51.0 Å². The molecule has 36 heavy (non-hydrogen) atoms. The highest BCUT2D eigenvalue weighted by atomic mass is 19.2. The molecule has 2 aliphatic rings. The number of carbonyl (C=O) groups excluding carboxylic acids is 2. The highest BCUT2D eigenvalue weighted by molar-refractivity contribution is 5.97. The van der Waals surface area contributed by atoms with E-state index in [9.17, 15) is 27.9 Å². The summed E-state index contributed by atoms with van der Waals surface area (Å²) in [6, 6.07) is 7.83. The zero-order valence-electron chi connectivity index (χ0n) is 19.9. The van der Waals surface area contributed by atoms with Crippen LogP contribution in [-0.2, 0) is 10.4 Å². The van der Waals surface area contributed by atoms with Gasteiger partial charge in [0.15, 0.2) is 11.6 Å². The van der Waals surface area contributed by atoms with Gasteiger partial charge in [-0.1, -0.05) is 18.2 Å². The van der Waals surface area contributed by atoms with Gasteiger partial charge in [-0.3, -0.25) is 4.79 Å². The number of amides is 3. The summed E-state index contributed by atoms with van der Waals surface area (Å²) in [5.41, 5.74) is 0.213. The van der Waals surface area contributed by atoms with Crippen LogP contribution in [0.5, 0.6) is 0 Å². The first-order chi connectivity index (χ1) is 17.2. The Morgan fingerprint density at radius 1 is 1.11 bits per heavy atom. The third kappa shape index (κ3) is 5.71. The highest BCUT2D eigenvalue weighted by Crippen LogP contribution is 2.33. The number of halogens is 3. The first kappa shape index (κ1) is 25.7. The van der Waals surface area contributed by atoms with E-state index < -0.39 is 35.2 Å². The second kappa shape index (κ2) is 10.7. The molecule has 2 aliphatic heterocycles. The van der Waals surface area contributed by atoms with E-state index in [-0.39, 0.29) is 17.0 Å². The maximum atomic E-state index is 13.8. The molecule has 1 saturated heterocycles. The Bertz CT molecular complexity index is 1150. The van der Waals surface area contributed by atoms with Crippen LogP contribution in [0.2, 0.25) is 0 Å². The SMILES string of the molecule is CN1C=C(C(=O)NCCCN2CCC(O)(c3ccc(F)cc3)CC2)C(c2ccc(F)c(F)c2)NC1=O. The van der Waals surface area contributed by atoms with E-state index in [0.717, 1.165) is 12.1 Å². The fraction of sp³-hybridized carbons (Fsp3) is 0.385. The fourth-order valence-corrected chi connectivity index (χ4v) is 4.59. The van der Waals surface area contributed by atoms with Crippen molar-refractivity contribution < 1.29 is 27.9 Å². The molecule has 1 unspecified atom stereocenters. The Morgan fingerprint density at radius 2 is 1.81 bits per heavy atom. The van der Waals surface area contributed by atoms with Crippen LogP contribution in [0.25, 0.3) is 0 Å². The van der Waals surface area contributed by atoms with Gasteiger partial charge in [-0.2, -0.15) is 0 Å². The van der Waals surface area contributed by atoms with E-state index in [4.69, 9.17) is 0 Å². The minimum absolute atomic E-state index is 0.213. The minimum Gasteiger partial charge on any atom is -0.385 e. The van der Waals surface area contributed by atoms with Crippen molar-refractivity contribution in [1.29, 1.82) is 0 Å². The average Bonchev–Trinajstić information content (AvgIpc) is 2.86. The molecule has 0 bridgehead atoms. The summed E-state index contributed by atoms with van der Waals surface area (Å²) < 4.78 is 40.3. The largest absolute Gasteiger partial charge is 0.385 e. The number of urea groups is 1. The molecule has 3 N–H and O–H groups in total. The van der Waals surface area contributed by atoms with Gasteiger partial charge in [-0.25, -0.2) is 18.0 Å². The van der Waals surface area contributed by atoms with Crippen LogP contribution < -0.4 is 10.6 Å². The smallest absolute Gasteiger partial charge is 0.321 e. The Hall–Kier alpha value is -3.37. The van der Waals surface area contributed by atoms with Crippen LogP contribution >= 0.6 is 0 Å². The number of nitrogens with zero attached hydrogens (tertiary/aromatic N) is 2. The molecule has 2 aromatic carbocycles. The van der Waals surface area contributed by atoms with E-state index in [2.05, 4.69) is 15.5 Å². The molecular formula is C26H29F3N4O3. The van der Waals surface area contributed by atoms with Gasteiger partial charge in [-0.05, 0) is 61.2 Å². The number of rotatable bonds is 7. The van der Waals surface area contributed by atoms with Crippen molar-refractivity contribution in [2.75, 3.05) is 33.2 Å². The summed E-state index contributed by atoms with van der Waals surface area (Å²) >= 11 is 0. The maximum absolute atomic E-state index is 13.8. The van der Waals surface area contributed by atoms with Crippen molar-refractivity contribution in [2.45, 2.75) is 30.9 Å². The van der Waals surface area contributed by atoms with Gasteiger partial charge >= 0.3 is 6.03 Å². The molecule has 3 amide bonds. The quantitative estimate of drug-likeness (QED) is 0.508. The van der Waals surface area contributed by atoms with Crippen LogP contribution in [0.15, 0.2) is 54.2 Å². The number of aliphatic hydroxyl groups is 1. The van der Waals surface area contributed by atoms with Gasteiger partial charge in [0.1, 0.15) is 5.82 Å². The molecule has 7 nitrogen and oxygen atoms in total. The second-order valence-electron chi connectivity index (χ2n) is 9.24. The first-order valence-electron chi connectivity index (χ1n) is 11.9. The molecule has 0 aromatic heterocycles. The van der Waals surface area contributed by atoms with E-state index in [1.54, 1.807) is 12.1 Å². The Labute approximate surface area is 207 Å². The summed E-state index contributed by atoms with van der Waals surface area (Å²) in [4.78, 5) is 28.4. The standard InChI is InChI=1S/C26H29F3N4O3/c1-32-16-20(23(31-25(32)35)17-3-8-21(28)22(29)15-17)24(34)30-11-2-12-33-13-9-26(36,10-14-33)18-4-6-19(27)7-5-18/h3-8,15-16,23,36H,2,9-14H2,1H3,(H,30,34)(H,31,35). The molecule has 0 saturated carbocycles. The Balaban J connectivity index is 1.29. The third-order valence-electron chi connectivity index (χ3n) is 6.77. The molecule has 4 rings (SSSR count). The van der Waals surface area contributed by atoms with E-state index >= 15 is 0 Å². The summed E-state index contributed by atoms with van der Waals surface area (Å²) in [5, 5.41) is 16.4. The summed E-state index contributed by atoms with van der Waals surface area (Å²) in [5.74, 6) is -2.83. The number of carbonyl (C=O) groups is 2. The Morgan fingerprint density at radius 3 is 2.47 bits per heavy atom. The van der Waals surface area contributed by atoms with Gasteiger partial charge in [0.25, 0.3) is 5.91 Å². The first-order valence-corrected chi connectivity index (χ1v) is 11.9. The predicted molar refractivity (Wildman–Crippen MR) is 127 cm³/mol. The molecular weight excluding hydrogens is 473 g/mol. The lowest BCUT2D eigenvalue weighted by Crippen LogP contribution is -2.46. The van der Waals surface area contributed by atoms with Crippen LogP contribution in [0.4, 0.5) is 18.0 Å². The topological polar surface area (TPSA) is 84.9 Å². The van der Waals surface area contributed by atoms with Crippen molar-refractivity contribution in [1.82, 2.24) is 20.4 Å². The van der Waals surface area contributed by atoms with Gasteiger partial charge in [0.2, 0.25) is 0 Å². The second-order valence-corrected chi connectivity index (χ2v) is 9.24. The number of piperidine rings is 1. The van der Waals surface area contributed by atoms with Gasteiger partial charge < -0.3 is 25.5 Å². The molecule has 0 radical (unpaired) electrons. The highest BCUT2D eigenvalue weighted by Gasteiger charge is 2.34. The maximum Gasteiger partial charge on any atom is 0.321 e. The van der Waals surface area contributed by atoms with Crippen LogP contribution in [-0.4, -0.2) is 60.1 Å². The van der Waals surface area contributed by atoms with Crippen LogP contribution in [0, 0.1) is 17.5 Å². The van der Waals surface area contributed by atoms with Gasteiger partial charge in [-0.15, -0.1) is 0 Å². The molecule has 2 heterocycles. The zero-order valence-corrected chi connectivity index (χ0v) is 19.9. The molecule has 2 aromatic rings. The molecule has 192 valence electrons. The lowest BCUT2D eigenvalue weighted by Gasteiger charge is -2.38. The van der Waals surface area contributed by atoms with Gasteiger partial charge in [0, 0.05) is 32.9 Å². The van der Waals surface area contributed by atoms with Crippen LogP contribution in [0.1, 0.15) is 36.4 Å². The lowest BCUT2D eigenvalue weighted by molar-refractivity contribution is -0.118. The number of hydrogen-bond donors (Lipinski definition) is 3. The van der Waals surface area contributed by atoms with E-state index in [1.165, 1.54) is 36.3 Å². The van der Waals surface area contributed by atoms with Crippen molar-refractivity contribution in [2.24, 2.45) is 0 Å². The normalized spacial score (nSPS) is 20.0. The van der Waals surface area contributed by atoms with Crippen molar-refractivity contribution in [3.63, 3.8) is 0 Å². The molecule has 0 aliphatic carbocycles. The van der Waals surface area contributed by atoms with Gasteiger partial charge in [0.05, 0.1) is 17.2 Å². The average molecular weight is 503 g/mol. The van der Waals surface area contributed by atoms with Crippen molar-refractivity contribution in [3.05, 3.63) is 82.8 Å². The van der Waals surface area contributed by atoms with Crippen molar-refractivity contribution in [3.8, 4) is 0 Å². The number of hydrogen-bond acceptors (Lipinski definition) is 4. The minimum atomic E-state index is -1.06. The molecule has 1 atom stereocenters. The summed E-state index contributed by atoms with van der Waals surface area (Å²) in [6.45, 7) is 2.42. The lowest BCUT2D eigenvalue weighted by atomic mass is 9.84. The fourth-order valence-electron chi connectivity index (χ4n) is 4.59. The number of benzene rings is 2. The van der Waals surface area contributed by atoms with E-state index in [1.807, 2.05) is 0 Å². The van der Waals surface area contributed by atoms with Crippen molar-refractivity contribution >= 4 is 11.9 Å². The summed E-state index contributed by atoms with van der Waals surface area (Å²) in [6.07, 6.45) is 3.10. The molecule has 10 heteroatoms. The molecule has 1 fully saturated rings. The molecule has 0 spiro atoms. The Kier molecular flexibility index (Phi) is 7.65.